The van der Waals surface area contributed by atoms with Gasteiger partial charge in [0.15, 0.2) is 0 Å². The van der Waals surface area contributed by atoms with Crippen molar-refractivity contribution in [2.75, 3.05) is 13.6 Å². The van der Waals surface area contributed by atoms with Crippen molar-refractivity contribution in [2.45, 2.75) is 33.2 Å². The van der Waals surface area contributed by atoms with Crippen molar-refractivity contribution in [1.82, 2.24) is 9.88 Å². The quantitative estimate of drug-likeness (QED) is 0.866. The Labute approximate surface area is 109 Å². The van der Waals surface area contributed by atoms with Crippen LogP contribution in [0.3, 0.4) is 0 Å². The molecule has 1 unspecified atom stereocenters. The van der Waals surface area contributed by atoms with Crippen LogP contribution in [-0.4, -0.2) is 35.4 Å². The standard InChI is InChI=1S/C14H23N3O/c1-10(2)13(15)7-8-17(4)14(18)12-6-5-11(3)16-9-12/h5-6,9-10,13H,7-8,15H2,1-4H3. The monoisotopic (exact) mass is 249 g/mol. The number of carbonyl (C=O) groups excluding carboxylic acids is 1. The highest BCUT2D eigenvalue weighted by Gasteiger charge is 2.14. The lowest BCUT2D eigenvalue weighted by molar-refractivity contribution is 0.0788. The summed E-state index contributed by atoms with van der Waals surface area (Å²) in [5.41, 5.74) is 7.51. The summed E-state index contributed by atoms with van der Waals surface area (Å²) in [5.74, 6) is 0.438. The number of rotatable bonds is 5. The zero-order chi connectivity index (χ0) is 13.7. The number of nitrogens with zero attached hydrogens (tertiary/aromatic N) is 2. The minimum Gasteiger partial charge on any atom is -0.342 e. The van der Waals surface area contributed by atoms with Crippen LogP contribution in [0, 0.1) is 12.8 Å². The van der Waals surface area contributed by atoms with Gasteiger partial charge in [0.25, 0.3) is 5.91 Å². The Morgan fingerprint density at radius 2 is 2.11 bits per heavy atom. The summed E-state index contributed by atoms with van der Waals surface area (Å²) in [7, 11) is 1.80. The van der Waals surface area contributed by atoms with E-state index in [1.165, 1.54) is 0 Å². The third-order valence-corrected chi connectivity index (χ3v) is 3.16. The van der Waals surface area contributed by atoms with Crippen LogP contribution in [0.1, 0.15) is 36.3 Å². The average Bonchev–Trinajstić information content (AvgIpc) is 2.35. The van der Waals surface area contributed by atoms with Gasteiger partial charge in [-0.3, -0.25) is 9.78 Å². The van der Waals surface area contributed by atoms with Gasteiger partial charge in [-0.15, -0.1) is 0 Å². The van der Waals surface area contributed by atoms with E-state index in [4.69, 9.17) is 5.73 Å². The molecule has 0 fully saturated rings. The van der Waals surface area contributed by atoms with Crippen LogP contribution in [0.2, 0.25) is 0 Å². The Morgan fingerprint density at radius 1 is 1.44 bits per heavy atom. The lowest BCUT2D eigenvalue weighted by Gasteiger charge is -2.21. The molecule has 4 nitrogen and oxygen atoms in total. The normalized spacial score (nSPS) is 12.6. The van der Waals surface area contributed by atoms with E-state index in [1.807, 2.05) is 19.1 Å². The van der Waals surface area contributed by atoms with Gasteiger partial charge in [0.05, 0.1) is 5.56 Å². The molecule has 0 aliphatic rings. The second-order valence-corrected chi connectivity index (χ2v) is 5.11. The van der Waals surface area contributed by atoms with Gasteiger partial charge in [0.2, 0.25) is 0 Å². The van der Waals surface area contributed by atoms with Crippen LogP contribution < -0.4 is 5.73 Å². The largest absolute Gasteiger partial charge is 0.342 e. The van der Waals surface area contributed by atoms with E-state index in [0.29, 0.717) is 18.0 Å². The van der Waals surface area contributed by atoms with Gasteiger partial charge in [-0.25, -0.2) is 0 Å². The molecule has 0 saturated carbocycles. The molecule has 0 radical (unpaired) electrons. The molecule has 2 N–H and O–H groups in total. The highest BCUT2D eigenvalue weighted by atomic mass is 16.2. The maximum Gasteiger partial charge on any atom is 0.255 e. The van der Waals surface area contributed by atoms with E-state index in [2.05, 4.69) is 18.8 Å². The van der Waals surface area contributed by atoms with Gasteiger partial charge in [0.1, 0.15) is 0 Å². The lowest BCUT2D eigenvalue weighted by atomic mass is 10.0. The molecule has 4 heteroatoms. The number of aromatic nitrogens is 1. The first-order valence-corrected chi connectivity index (χ1v) is 6.35. The zero-order valence-electron chi connectivity index (χ0n) is 11.7. The fourth-order valence-electron chi connectivity index (χ4n) is 1.59. The van der Waals surface area contributed by atoms with E-state index in [9.17, 15) is 4.79 Å². The van der Waals surface area contributed by atoms with Crippen LogP contribution in [0.5, 0.6) is 0 Å². The number of hydrogen-bond acceptors (Lipinski definition) is 3. The first-order chi connectivity index (χ1) is 8.41. The lowest BCUT2D eigenvalue weighted by Crippen LogP contribution is -2.34. The van der Waals surface area contributed by atoms with Gasteiger partial charge in [-0.1, -0.05) is 13.8 Å². The molecule has 0 aliphatic heterocycles. The molecule has 0 aliphatic carbocycles. The second kappa shape index (κ2) is 6.50. The zero-order valence-corrected chi connectivity index (χ0v) is 11.7. The number of aryl methyl sites for hydroxylation is 1. The highest BCUT2D eigenvalue weighted by Crippen LogP contribution is 2.07. The summed E-state index contributed by atoms with van der Waals surface area (Å²) in [6.45, 7) is 6.76. The fraction of sp³-hybridized carbons (Fsp3) is 0.571. The fourth-order valence-corrected chi connectivity index (χ4v) is 1.59. The SMILES string of the molecule is Cc1ccc(C(=O)N(C)CCC(N)C(C)C)cn1. The molecule has 1 atom stereocenters. The Kier molecular flexibility index (Phi) is 5.28. The first kappa shape index (κ1) is 14.6. The van der Waals surface area contributed by atoms with Crippen molar-refractivity contribution < 1.29 is 4.79 Å². The van der Waals surface area contributed by atoms with E-state index in [-0.39, 0.29) is 11.9 Å². The van der Waals surface area contributed by atoms with Crippen molar-refractivity contribution >= 4 is 5.91 Å². The summed E-state index contributed by atoms with van der Waals surface area (Å²) >= 11 is 0. The molecular weight excluding hydrogens is 226 g/mol. The number of carbonyl (C=O) groups is 1. The Hall–Kier alpha value is -1.42. The van der Waals surface area contributed by atoms with Gasteiger partial charge in [-0.05, 0) is 31.4 Å². The summed E-state index contributed by atoms with van der Waals surface area (Å²) in [5, 5.41) is 0. The number of amides is 1. The van der Waals surface area contributed by atoms with Crippen LogP contribution in [0.25, 0.3) is 0 Å². The summed E-state index contributed by atoms with van der Waals surface area (Å²) < 4.78 is 0. The Bertz CT molecular complexity index is 387. The molecule has 0 aromatic carbocycles. The van der Waals surface area contributed by atoms with E-state index in [1.54, 1.807) is 18.1 Å². The molecular formula is C14H23N3O. The molecule has 1 aromatic heterocycles. The maximum atomic E-state index is 12.1. The van der Waals surface area contributed by atoms with Crippen LogP contribution in [0.4, 0.5) is 0 Å². The highest BCUT2D eigenvalue weighted by molar-refractivity contribution is 5.93. The molecule has 0 spiro atoms. The van der Waals surface area contributed by atoms with Gasteiger partial charge in [-0.2, -0.15) is 0 Å². The number of hydrogen-bond donors (Lipinski definition) is 1. The minimum absolute atomic E-state index is 0.00143. The first-order valence-electron chi connectivity index (χ1n) is 6.35. The molecule has 0 saturated heterocycles. The number of pyridine rings is 1. The van der Waals surface area contributed by atoms with Crippen LogP contribution in [-0.2, 0) is 0 Å². The van der Waals surface area contributed by atoms with Crippen molar-refractivity contribution in [2.24, 2.45) is 11.7 Å². The maximum absolute atomic E-state index is 12.1. The third kappa shape index (κ3) is 4.11. The van der Waals surface area contributed by atoms with Crippen LogP contribution in [0.15, 0.2) is 18.3 Å². The second-order valence-electron chi connectivity index (χ2n) is 5.11. The Balaban J connectivity index is 2.54. The molecule has 1 heterocycles. The number of nitrogens with two attached hydrogens (primary N) is 1. The van der Waals surface area contributed by atoms with Crippen molar-refractivity contribution in [3.8, 4) is 0 Å². The topological polar surface area (TPSA) is 59.2 Å². The van der Waals surface area contributed by atoms with Gasteiger partial charge >= 0.3 is 0 Å². The van der Waals surface area contributed by atoms with Gasteiger partial charge < -0.3 is 10.6 Å². The van der Waals surface area contributed by atoms with Gasteiger partial charge in [0, 0.05) is 31.5 Å². The Morgan fingerprint density at radius 3 is 2.61 bits per heavy atom. The predicted octanol–water partition coefficient (Wildman–Crippen LogP) is 1.84. The van der Waals surface area contributed by atoms with Crippen molar-refractivity contribution in [3.63, 3.8) is 0 Å². The average molecular weight is 249 g/mol. The molecule has 1 rings (SSSR count). The molecule has 0 bridgehead atoms. The van der Waals surface area contributed by atoms with E-state index >= 15 is 0 Å². The van der Waals surface area contributed by atoms with Crippen LogP contribution >= 0.6 is 0 Å². The van der Waals surface area contributed by atoms with Crippen molar-refractivity contribution in [1.29, 1.82) is 0 Å². The van der Waals surface area contributed by atoms with E-state index < -0.39 is 0 Å². The minimum atomic E-state index is -0.00143. The molecule has 18 heavy (non-hydrogen) atoms. The summed E-state index contributed by atoms with van der Waals surface area (Å²) in [6.07, 6.45) is 2.44. The molecule has 100 valence electrons. The molecule has 1 aromatic rings. The smallest absolute Gasteiger partial charge is 0.255 e. The predicted molar refractivity (Wildman–Crippen MR) is 73.4 cm³/mol. The summed E-state index contributed by atoms with van der Waals surface area (Å²) in [4.78, 5) is 17.9. The van der Waals surface area contributed by atoms with Crippen molar-refractivity contribution in [3.05, 3.63) is 29.6 Å². The summed E-state index contributed by atoms with van der Waals surface area (Å²) in [6, 6.07) is 3.79. The molecule has 1 amide bonds. The van der Waals surface area contributed by atoms with E-state index in [0.717, 1.165) is 12.1 Å². The third-order valence-electron chi connectivity index (χ3n) is 3.16.